The predicted molar refractivity (Wildman–Crippen MR) is 88.9 cm³/mol. The average Bonchev–Trinajstić information content (AvgIpc) is 2.52. The highest BCUT2D eigenvalue weighted by molar-refractivity contribution is 5.35. The van der Waals surface area contributed by atoms with Crippen LogP contribution in [0.3, 0.4) is 0 Å². The molecule has 1 aromatic carbocycles. The minimum Gasteiger partial charge on any atom is -0.376 e. The fourth-order valence-corrected chi connectivity index (χ4v) is 2.76. The molecule has 2 heteroatoms. The molecule has 0 bridgehead atoms. The summed E-state index contributed by atoms with van der Waals surface area (Å²) in [5.41, 5.74) is 4.03. The lowest BCUT2D eigenvalue weighted by atomic mass is 9.91. The maximum Gasteiger partial charge on any atom is 0.106 e. The van der Waals surface area contributed by atoms with Crippen molar-refractivity contribution in [1.29, 1.82) is 0 Å². The summed E-state index contributed by atoms with van der Waals surface area (Å²) in [6, 6.07) is 15.1. The average molecular weight is 296 g/mol. The molecule has 0 spiro atoms. The lowest BCUT2D eigenvalue weighted by Crippen LogP contribution is -2.21. The monoisotopic (exact) mass is 296 g/mol. The molecule has 4 rings (SSSR count). The normalized spacial score (nSPS) is 18.6. The molecule has 0 aromatic heterocycles. The van der Waals surface area contributed by atoms with Crippen LogP contribution in [0.1, 0.15) is 42.6 Å². The molecule has 1 fully saturated rings. The van der Waals surface area contributed by atoms with Crippen molar-refractivity contribution in [2.45, 2.75) is 32.8 Å². The van der Waals surface area contributed by atoms with E-state index in [0.717, 1.165) is 6.61 Å². The number of ether oxygens (including phenoxy) is 2. The third kappa shape index (κ3) is 3.23. The molecular weight excluding hydrogens is 272 g/mol. The van der Waals surface area contributed by atoms with E-state index in [1.807, 2.05) is 0 Å². The van der Waals surface area contributed by atoms with Gasteiger partial charge in [0.25, 0.3) is 0 Å². The Kier molecular flexibility index (Phi) is 4.60. The van der Waals surface area contributed by atoms with Gasteiger partial charge < -0.3 is 9.47 Å². The first-order valence-electron chi connectivity index (χ1n) is 8.05. The lowest BCUT2D eigenvalue weighted by Gasteiger charge is -2.23. The second-order valence-corrected chi connectivity index (χ2v) is 6.30. The molecule has 22 heavy (non-hydrogen) atoms. The Morgan fingerprint density at radius 1 is 1.00 bits per heavy atom. The third-order valence-corrected chi connectivity index (χ3v) is 4.25. The van der Waals surface area contributed by atoms with Crippen LogP contribution in [-0.4, -0.2) is 19.8 Å². The van der Waals surface area contributed by atoms with Crippen molar-refractivity contribution in [3.05, 3.63) is 69.6 Å². The molecule has 0 radical (unpaired) electrons. The van der Waals surface area contributed by atoms with E-state index < -0.39 is 0 Å². The van der Waals surface area contributed by atoms with Gasteiger partial charge in [-0.3, -0.25) is 0 Å². The van der Waals surface area contributed by atoms with Crippen molar-refractivity contribution in [1.82, 2.24) is 0 Å². The van der Waals surface area contributed by atoms with Crippen LogP contribution in [-0.2, 0) is 9.47 Å². The van der Waals surface area contributed by atoms with Gasteiger partial charge in [-0.15, -0.1) is 0 Å². The molecule has 1 heterocycles. The zero-order valence-electron chi connectivity index (χ0n) is 13.6. The molecule has 0 saturated carbocycles. The Balaban J connectivity index is 0.000000139. The van der Waals surface area contributed by atoms with Crippen molar-refractivity contribution in [2.24, 2.45) is 0 Å². The van der Waals surface area contributed by atoms with E-state index in [0.29, 0.717) is 19.1 Å². The van der Waals surface area contributed by atoms with Gasteiger partial charge in [0.15, 0.2) is 0 Å². The van der Waals surface area contributed by atoms with Crippen LogP contribution in [0.5, 0.6) is 0 Å². The maximum absolute atomic E-state index is 5.58. The molecule has 1 atom stereocenters. The number of benzene rings is 2. The number of hydrogen-bond donors (Lipinski definition) is 0. The molecule has 1 saturated heterocycles. The molecule has 0 N–H and O–H groups in total. The summed E-state index contributed by atoms with van der Waals surface area (Å²) in [7, 11) is 0. The quantitative estimate of drug-likeness (QED) is 0.693. The van der Waals surface area contributed by atoms with Crippen molar-refractivity contribution in [2.75, 3.05) is 19.8 Å². The predicted octanol–water partition coefficient (Wildman–Crippen LogP) is 4.49. The highest BCUT2D eigenvalue weighted by Crippen LogP contribution is 2.23. The highest BCUT2D eigenvalue weighted by Gasteiger charge is 2.15. The standard InChI is InChI=1S/C11H14O2.C9H10/c1-9-2-4-10(5-3-9)11-8-12-6-7-13-11;1-6(2)9-5-7-3-4-8(7)9/h2-5,11H,6-8H2,1H3;3-6H,1-2H3. The SMILES string of the molecule is CC(C)c1cc2ccc1=2.Cc1ccc(C2COCCO2)cc1. The van der Waals surface area contributed by atoms with Gasteiger partial charge in [0, 0.05) is 0 Å². The summed E-state index contributed by atoms with van der Waals surface area (Å²) in [6.07, 6.45) is 0.134. The summed E-state index contributed by atoms with van der Waals surface area (Å²) in [5.74, 6) is 0.716. The van der Waals surface area contributed by atoms with Crippen LogP contribution in [0.4, 0.5) is 0 Å². The number of aryl methyl sites for hydroxylation is 1. The van der Waals surface area contributed by atoms with E-state index in [9.17, 15) is 0 Å². The lowest BCUT2D eigenvalue weighted by molar-refractivity contribution is -0.0901. The number of hydrogen-bond acceptors (Lipinski definition) is 2. The smallest absolute Gasteiger partial charge is 0.106 e. The molecule has 1 aliphatic heterocycles. The van der Waals surface area contributed by atoms with Crippen LogP contribution >= 0.6 is 0 Å². The van der Waals surface area contributed by atoms with Crippen molar-refractivity contribution in [3.8, 4) is 0 Å². The first kappa shape index (κ1) is 15.3. The molecule has 116 valence electrons. The van der Waals surface area contributed by atoms with E-state index in [1.165, 1.54) is 27.1 Å². The van der Waals surface area contributed by atoms with E-state index in [2.05, 4.69) is 63.2 Å². The largest absolute Gasteiger partial charge is 0.376 e. The Hall–Kier alpha value is -1.64. The summed E-state index contributed by atoms with van der Waals surface area (Å²) >= 11 is 0. The zero-order chi connectivity index (χ0) is 15.5. The van der Waals surface area contributed by atoms with Crippen LogP contribution in [0.15, 0.2) is 42.5 Å². The van der Waals surface area contributed by atoms with Gasteiger partial charge in [-0.2, -0.15) is 0 Å². The maximum atomic E-state index is 5.58. The van der Waals surface area contributed by atoms with Gasteiger partial charge >= 0.3 is 0 Å². The Morgan fingerprint density at radius 3 is 2.18 bits per heavy atom. The van der Waals surface area contributed by atoms with E-state index in [4.69, 9.17) is 9.47 Å². The molecular formula is C20H24O2. The van der Waals surface area contributed by atoms with Crippen LogP contribution in [0.2, 0.25) is 0 Å². The first-order valence-corrected chi connectivity index (χ1v) is 8.05. The summed E-state index contributed by atoms with van der Waals surface area (Å²) in [4.78, 5) is 0. The summed E-state index contributed by atoms with van der Waals surface area (Å²) in [6.45, 7) is 8.68. The van der Waals surface area contributed by atoms with Crippen molar-refractivity contribution >= 4 is 0 Å². The van der Waals surface area contributed by atoms with Gasteiger partial charge in [0.2, 0.25) is 0 Å². The van der Waals surface area contributed by atoms with E-state index in [-0.39, 0.29) is 6.10 Å². The van der Waals surface area contributed by atoms with Gasteiger partial charge in [-0.05, 0) is 34.4 Å². The van der Waals surface area contributed by atoms with Gasteiger partial charge in [0.05, 0.1) is 19.8 Å². The topological polar surface area (TPSA) is 18.5 Å². The van der Waals surface area contributed by atoms with Gasteiger partial charge in [0.1, 0.15) is 6.10 Å². The molecule has 2 nitrogen and oxygen atoms in total. The van der Waals surface area contributed by atoms with Gasteiger partial charge in [-0.25, -0.2) is 0 Å². The minimum absolute atomic E-state index is 0.134. The van der Waals surface area contributed by atoms with Crippen LogP contribution in [0, 0.1) is 17.4 Å². The Morgan fingerprint density at radius 2 is 1.77 bits per heavy atom. The highest BCUT2D eigenvalue weighted by atomic mass is 16.6. The molecule has 2 aliphatic carbocycles. The fraction of sp³-hybridized carbons (Fsp3) is 0.400. The van der Waals surface area contributed by atoms with E-state index >= 15 is 0 Å². The molecule has 3 aliphatic rings. The second-order valence-electron chi connectivity index (χ2n) is 6.30. The zero-order valence-corrected chi connectivity index (χ0v) is 13.6. The Bertz CT molecular complexity index is 710. The molecule has 1 aromatic rings. The minimum atomic E-state index is 0.134. The first-order chi connectivity index (χ1) is 10.6. The van der Waals surface area contributed by atoms with Crippen LogP contribution < -0.4 is 0 Å². The van der Waals surface area contributed by atoms with Gasteiger partial charge in [-0.1, -0.05) is 61.9 Å². The van der Waals surface area contributed by atoms with E-state index in [1.54, 1.807) is 0 Å². The van der Waals surface area contributed by atoms with Crippen LogP contribution in [0.25, 0.3) is 0 Å². The third-order valence-electron chi connectivity index (χ3n) is 4.25. The van der Waals surface area contributed by atoms with Crippen molar-refractivity contribution < 1.29 is 9.47 Å². The second kappa shape index (κ2) is 6.64. The molecule has 0 amide bonds. The summed E-state index contributed by atoms with van der Waals surface area (Å²) in [5, 5.41) is 2.96. The summed E-state index contributed by atoms with van der Waals surface area (Å²) < 4.78 is 10.9. The fourth-order valence-electron chi connectivity index (χ4n) is 2.76. The number of rotatable bonds is 2. The Labute approximate surface area is 132 Å². The molecule has 1 unspecified atom stereocenters. The van der Waals surface area contributed by atoms with Crippen molar-refractivity contribution in [3.63, 3.8) is 0 Å².